The predicted octanol–water partition coefficient (Wildman–Crippen LogP) is 2.89. The summed E-state index contributed by atoms with van der Waals surface area (Å²) >= 11 is 0. The van der Waals surface area contributed by atoms with E-state index in [2.05, 4.69) is 20.4 Å². The van der Waals surface area contributed by atoms with Gasteiger partial charge in [0.05, 0.1) is 11.9 Å². The minimum absolute atomic E-state index is 0.108. The first-order chi connectivity index (χ1) is 12.2. The van der Waals surface area contributed by atoms with E-state index >= 15 is 0 Å². The molecule has 3 aromatic heterocycles. The van der Waals surface area contributed by atoms with Crippen molar-refractivity contribution in [3.8, 4) is 11.3 Å². The second-order valence-electron chi connectivity index (χ2n) is 5.88. The Labute approximate surface area is 144 Å². The lowest BCUT2D eigenvalue weighted by atomic mass is 10.1. The summed E-state index contributed by atoms with van der Waals surface area (Å²) in [6.07, 6.45) is 7.30. The molecule has 0 atom stereocenters. The van der Waals surface area contributed by atoms with E-state index < -0.39 is 0 Å². The number of aromatic amines is 1. The first-order valence-electron chi connectivity index (χ1n) is 7.99. The monoisotopic (exact) mass is 331 g/mol. The van der Waals surface area contributed by atoms with E-state index in [4.69, 9.17) is 0 Å². The van der Waals surface area contributed by atoms with Crippen LogP contribution in [0.15, 0.2) is 61.2 Å². The van der Waals surface area contributed by atoms with Crippen LogP contribution in [0.3, 0.4) is 0 Å². The van der Waals surface area contributed by atoms with Gasteiger partial charge in [-0.2, -0.15) is 5.10 Å². The van der Waals surface area contributed by atoms with E-state index in [-0.39, 0.29) is 5.91 Å². The van der Waals surface area contributed by atoms with Crippen LogP contribution in [0.2, 0.25) is 0 Å². The molecule has 4 rings (SSSR count). The number of rotatable bonds is 4. The normalized spacial score (nSPS) is 10.9. The van der Waals surface area contributed by atoms with Gasteiger partial charge in [0.2, 0.25) is 0 Å². The van der Waals surface area contributed by atoms with Crippen molar-refractivity contribution >= 4 is 16.8 Å². The lowest BCUT2D eigenvalue weighted by Crippen LogP contribution is -2.22. The Hall–Kier alpha value is -3.41. The molecule has 25 heavy (non-hydrogen) atoms. The van der Waals surface area contributed by atoms with Crippen molar-refractivity contribution < 1.29 is 4.79 Å². The van der Waals surface area contributed by atoms with Crippen LogP contribution in [0.5, 0.6) is 0 Å². The van der Waals surface area contributed by atoms with Crippen molar-refractivity contribution in [1.82, 2.24) is 25.1 Å². The van der Waals surface area contributed by atoms with Crippen molar-refractivity contribution in [2.24, 2.45) is 7.05 Å². The molecule has 124 valence electrons. The molecular weight excluding hydrogens is 314 g/mol. The second-order valence-corrected chi connectivity index (χ2v) is 5.88. The third kappa shape index (κ3) is 3.01. The van der Waals surface area contributed by atoms with Gasteiger partial charge in [0.1, 0.15) is 0 Å². The number of hydrogen-bond donors (Lipinski definition) is 2. The third-order valence-electron chi connectivity index (χ3n) is 4.11. The number of carbonyl (C=O) groups excluding carboxylic acids is 1. The maximum absolute atomic E-state index is 12.3. The van der Waals surface area contributed by atoms with E-state index in [0.29, 0.717) is 12.1 Å². The Kier molecular flexibility index (Phi) is 3.78. The summed E-state index contributed by atoms with van der Waals surface area (Å²) in [5, 5.41) is 8.06. The van der Waals surface area contributed by atoms with E-state index in [0.717, 1.165) is 27.7 Å². The van der Waals surface area contributed by atoms with Gasteiger partial charge in [-0.1, -0.05) is 12.1 Å². The van der Waals surface area contributed by atoms with Crippen molar-refractivity contribution in [1.29, 1.82) is 0 Å². The highest BCUT2D eigenvalue weighted by Crippen LogP contribution is 2.25. The molecule has 4 aromatic rings. The predicted molar refractivity (Wildman–Crippen MR) is 95.9 cm³/mol. The van der Waals surface area contributed by atoms with Gasteiger partial charge in [-0.25, -0.2) is 0 Å². The minimum atomic E-state index is -0.108. The Balaban J connectivity index is 1.51. The van der Waals surface area contributed by atoms with Crippen LogP contribution in [0.4, 0.5) is 0 Å². The number of hydrogen-bond acceptors (Lipinski definition) is 3. The number of aromatic nitrogens is 4. The van der Waals surface area contributed by atoms with Crippen molar-refractivity contribution in [3.63, 3.8) is 0 Å². The zero-order chi connectivity index (χ0) is 17.2. The largest absolute Gasteiger partial charge is 0.361 e. The van der Waals surface area contributed by atoms with Crippen LogP contribution in [-0.2, 0) is 13.6 Å². The van der Waals surface area contributed by atoms with E-state index in [1.54, 1.807) is 17.1 Å². The summed E-state index contributed by atoms with van der Waals surface area (Å²) in [6.45, 7) is 0.457. The molecular formula is C19H17N5O. The van der Waals surface area contributed by atoms with Gasteiger partial charge in [0.15, 0.2) is 0 Å². The van der Waals surface area contributed by atoms with Gasteiger partial charge in [0, 0.05) is 59.8 Å². The molecule has 0 bridgehead atoms. The highest BCUT2D eigenvalue weighted by atomic mass is 16.1. The van der Waals surface area contributed by atoms with Crippen LogP contribution in [0, 0.1) is 0 Å². The number of nitrogens with one attached hydrogen (secondary N) is 2. The first-order valence-corrected chi connectivity index (χ1v) is 7.99. The molecule has 1 aromatic carbocycles. The number of nitrogens with zero attached hydrogens (tertiary/aromatic N) is 3. The highest BCUT2D eigenvalue weighted by Gasteiger charge is 2.09. The molecule has 0 aliphatic rings. The summed E-state index contributed by atoms with van der Waals surface area (Å²) in [4.78, 5) is 19.9. The number of benzene rings is 1. The van der Waals surface area contributed by atoms with Crippen LogP contribution < -0.4 is 5.32 Å². The van der Waals surface area contributed by atoms with Gasteiger partial charge < -0.3 is 10.3 Å². The van der Waals surface area contributed by atoms with Gasteiger partial charge >= 0.3 is 0 Å². The number of H-pyrrole nitrogens is 1. The molecule has 0 radical (unpaired) electrons. The van der Waals surface area contributed by atoms with Crippen LogP contribution in [-0.4, -0.2) is 25.7 Å². The molecule has 0 aliphatic carbocycles. The summed E-state index contributed by atoms with van der Waals surface area (Å²) in [5.41, 5.74) is 4.52. The molecule has 0 unspecified atom stereocenters. The van der Waals surface area contributed by atoms with Crippen LogP contribution in [0.25, 0.3) is 22.2 Å². The van der Waals surface area contributed by atoms with Gasteiger partial charge in [-0.3, -0.25) is 14.5 Å². The molecule has 1 amide bonds. The number of amides is 1. The second kappa shape index (κ2) is 6.24. The lowest BCUT2D eigenvalue weighted by Gasteiger charge is -2.06. The Morgan fingerprint density at radius 2 is 2.04 bits per heavy atom. The van der Waals surface area contributed by atoms with Gasteiger partial charge in [-0.05, 0) is 24.3 Å². The highest BCUT2D eigenvalue weighted by molar-refractivity contribution is 5.96. The van der Waals surface area contributed by atoms with Crippen molar-refractivity contribution in [3.05, 3.63) is 72.3 Å². The minimum Gasteiger partial charge on any atom is -0.361 e. The fourth-order valence-electron chi connectivity index (χ4n) is 2.84. The van der Waals surface area contributed by atoms with E-state index in [9.17, 15) is 4.79 Å². The zero-order valence-corrected chi connectivity index (χ0v) is 13.7. The van der Waals surface area contributed by atoms with Crippen molar-refractivity contribution in [2.75, 3.05) is 0 Å². The Bertz CT molecular complexity index is 1030. The maximum Gasteiger partial charge on any atom is 0.251 e. The molecule has 3 heterocycles. The standard InChI is InChI=1S/C19H17N5O/c1-24-12-13(11-23-24)10-22-19(25)15-4-2-14(3-5-15)18-16-6-8-20-17(16)7-9-21-18/h2-9,11-12,20H,10H2,1H3,(H,22,25). The first kappa shape index (κ1) is 15.1. The summed E-state index contributed by atoms with van der Waals surface area (Å²) in [5.74, 6) is -0.108. The average molecular weight is 331 g/mol. The molecule has 0 spiro atoms. The van der Waals surface area contributed by atoms with E-state index in [1.807, 2.05) is 55.8 Å². The summed E-state index contributed by atoms with van der Waals surface area (Å²) in [6, 6.07) is 11.4. The van der Waals surface area contributed by atoms with Crippen LogP contribution in [0.1, 0.15) is 15.9 Å². The molecule has 6 nitrogen and oxygen atoms in total. The molecule has 2 N–H and O–H groups in total. The number of aryl methyl sites for hydroxylation is 1. The third-order valence-corrected chi connectivity index (χ3v) is 4.11. The fraction of sp³-hybridized carbons (Fsp3) is 0.105. The Morgan fingerprint density at radius 3 is 2.80 bits per heavy atom. The lowest BCUT2D eigenvalue weighted by molar-refractivity contribution is 0.0951. The van der Waals surface area contributed by atoms with Crippen LogP contribution >= 0.6 is 0 Å². The molecule has 0 saturated heterocycles. The molecule has 0 saturated carbocycles. The Morgan fingerprint density at radius 1 is 1.20 bits per heavy atom. The number of carbonyl (C=O) groups is 1. The number of pyridine rings is 1. The average Bonchev–Trinajstić information content (AvgIpc) is 3.28. The maximum atomic E-state index is 12.3. The van der Waals surface area contributed by atoms with E-state index in [1.165, 1.54) is 0 Å². The van der Waals surface area contributed by atoms with Gasteiger partial charge in [0.25, 0.3) is 5.91 Å². The summed E-state index contributed by atoms with van der Waals surface area (Å²) in [7, 11) is 1.85. The summed E-state index contributed by atoms with van der Waals surface area (Å²) < 4.78 is 1.71. The topological polar surface area (TPSA) is 75.6 Å². The fourth-order valence-corrected chi connectivity index (χ4v) is 2.84. The number of fused-ring (bicyclic) bond motifs is 1. The molecule has 6 heteroatoms. The smallest absolute Gasteiger partial charge is 0.251 e. The van der Waals surface area contributed by atoms with Crippen molar-refractivity contribution in [2.45, 2.75) is 6.54 Å². The molecule has 0 aliphatic heterocycles. The quantitative estimate of drug-likeness (QED) is 0.604. The molecule has 0 fully saturated rings. The zero-order valence-electron chi connectivity index (χ0n) is 13.7. The van der Waals surface area contributed by atoms with Gasteiger partial charge in [-0.15, -0.1) is 0 Å². The SMILES string of the molecule is Cn1cc(CNC(=O)c2ccc(-c3nccc4[nH]ccc34)cc2)cn1.